The molecule has 3 heterocycles. The SMILES string of the molecule is Cc1cccc(-c2nc(C34CCC(C(=O)NO)(CC3)CC4)[nH]c2-c2ccc3c(c2)OCO3)n1. The molecule has 3 aliphatic carbocycles. The number of fused-ring (bicyclic) bond motifs is 4. The van der Waals surface area contributed by atoms with Crippen LogP contribution in [0.1, 0.15) is 50.0 Å². The van der Waals surface area contributed by atoms with Gasteiger partial charge in [0.15, 0.2) is 11.5 Å². The summed E-state index contributed by atoms with van der Waals surface area (Å²) in [5.74, 6) is 2.16. The quantitative estimate of drug-likeness (QED) is 0.408. The van der Waals surface area contributed by atoms with E-state index in [2.05, 4.69) is 4.98 Å². The van der Waals surface area contributed by atoms with Gasteiger partial charge in [-0.25, -0.2) is 10.5 Å². The van der Waals surface area contributed by atoms with Gasteiger partial charge in [-0.05, 0) is 75.8 Å². The minimum atomic E-state index is -0.454. The van der Waals surface area contributed by atoms with Crippen molar-refractivity contribution in [3.63, 3.8) is 0 Å². The maximum Gasteiger partial charge on any atom is 0.249 e. The van der Waals surface area contributed by atoms with Gasteiger partial charge in [-0.15, -0.1) is 0 Å². The fourth-order valence-corrected chi connectivity index (χ4v) is 5.75. The molecule has 0 atom stereocenters. The highest BCUT2D eigenvalue weighted by molar-refractivity contribution is 5.82. The molecular formula is C25H26N4O4. The van der Waals surface area contributed by atoms with Crippen LogP contribution in [0.5, 0.6) is 11.5 Å². The lowest BCUT2D eigenvalue weighted by Crippen LogP contribution is -2.51. The van der Waals surface area contributed by atoms with E-state index in [1.54, 1.807) is 0 Å². The fraction of sp³-hybridized carbons (Fsp3) is 0.400. The normalized spacial score (nSPS) is 25.3. The van der Waals surface area contributed by atoms with Gasteiger partial charge in [0.05, 0.1) is 16.8 Å². The molecule has 0 unspecified atom stereocenters. The number of nitrogens with zero attached hydrogens (tertiary/aromatic N) is 2. The molecule has 1 amide bonds. The van der Waals surface area contributed by atoms with Crippen LogP contribution >= 0.6 is 0 Å². The van der Waals surface area contributed by atoms with E-state index in [1.807, 2.05) is 48.8 Å². The molecule has 7 rings (SSSR count). The lowest BCUT2D eigenvalue weighted by molar-refractivity contribution is -0.147. The van der Waals surface area contributed by atoms with Gasteiger partial charge in [-0.3, -0.25) is 15.0 Å². The molecule has 33 heavy (non-hydrogen) atoms. The second kappa shape index (κ2) is 7.31. The van der Waals surface area contributed by atoms with Crippen molar-refractivity contribution >= 4 is 5.91 Å². The number of imidazole rings is 1. The van der Waals surface area contributed by atoms with Crippen LogP contribution in [-0.2, 0) is 10.2 Å². The van der Waals surface area contributed by atoms with Crippen LogP contribution in [0.2, 0.25) is 0 Å². The summed E-state index contributed by atoms with van der Waals surface area (Å²) in [5, 5.41) is 9.22. The van der Waals surface area contributed by atoms with E-state index in [0.717, 1.165) is 84.2 Å². The highest BCUT2D eigenvalue weighted by atomic mass is 16.7. The molecule has 3 saturated carbocycles. The number of ether oxygens (including phenoxy) is 2. The Kier molecular flexibility index (Phi) is 4.48. The van der Waals surface area contributed by atoms with Crippen LogP contribution < -0.4 is 15.0 Å². The molecule has 0 saturated heterocycles. The number of carbonyl (C=O) groups excluding carboxylic acids is 1. The zero-order chi connectivity index (χ0) is 22.6. The van der Waals surface area contributed by atoms with Crippen molar-refractivity contribution in [2.75, 3.05) is 6.79 Å². The summed E-state index contributed by atoms with van der Waals surface area (Å²) in [5.41, 5.74) is 5.78. The summed E-state index contributed by atoms with van der Waals surface area (Å²) in [7, 11) is 0. The first-order valence-electron chi connectivity index (χ1n) is 11.4. The number of aryl methyl sites for hydroxylation is 1. The highest BCUT2D eigenvalue weighted by Crippen LogP contribution is 2.57. The molecular weight excluding hydrogens is 420 g/mol. The topological polar surface area (TPSA) is 109 Å². The summed E-state index contributed by atoms with van der Waals surface area (Å²) in [4.78, 5) is 25.9. The first-order chi connectivity index (χ1) is 16.0. The molecule has 4 aliphatic rings. The predicted molar refractivity (Wildman–Crippen MR) is 120 cm³/mol. The minimum absolute atomic E-state index is 0.106. The molecule has 2 bridgehead atoms. The van der Waals surface area contributed by atoms with Gasteiger partial charge in [-0.2, -0.15) is 0 Å². The summed E-state index contributed by atoms with van der Waals surface area (Å²) < 4.78 is 11.1. The van der Waals surface area contributed by atoms with E-state index in [-0.39, 0.29) is 18.1 Å². The van der Waals surface area contributed by atoms with E-state index >= 15 is 0 Å². The molecule has 2 aromatic heterocycles. The van der Waals surface area contributed by atoms with Crippen LogP contribution in [0, 0.1) is 12.3 Å². The Morgan fingerprint density at radius 2 is 1.79 bits per heavy atom. The molecule has 1 aliphatic heterocycles. The Labute approximate surface area is 191 Å². The number of hydrogen-bond donors (Lipinski definition) is 3. The van der Waals surface area contributed by atoms with Crippen molar-refractivity contribution in [3.05, 3.63) is 47.9 Å². The van der Waals surface area contributed by atoms with Crippen molar-refractivity contribution in [2.45, 2.75) is 50.9 Å². The first kappa shape index (κ1) is 20.2. The van der Waals surface area contributed by atoms with Crippen molar-refractivity contribution in [2.24, 2.45) is 5.41 Å². The highest BCUT2D eigenvalue weighted by Gasteiger charge is 2.54. The number of H-pyrrole nitrogens is 1. The molecule has 3 fully saturated rings. The van der Waals surface area contributed by atoms with Gasteiger partial charge >= 0.3 is 0 Å². The number of nitrogens with one attached hydrogen (secondary N) is 2. The number of hydroxylamine groups is 1. The number of benzene rings is 1. The number of aromatic amines is 1. The van der Waals surface area contributed by atoms with Gasteiger partial charge in [0, 0.05) is 16.7 Å². The van der Waals surface area contributed by atoms with E-state index in [9.17, 15) is 10.0 Å². The van der Waals surface area contributed by atoms with E-state index in [4.69, 9.17) is 19.4 Å². The smallest absolute Gasteiger partial charge is 0.249 e. The van der Waals surface area contributed by atoms with Crippen LogP contribution in [0.4, 0.5) is 0 Å². The molecule has 3 aromatic rings. The lowest BCUT2D eigenvalue weighted by atomic mass is 9.53. The molecule has 1 aromatic carbocycles. The second-order valence-electron chi connectivity index (χ2n) is 9.54. The van der Waals surface area contributed by atoms with Crippen molar-refractivity contribution in [1.29, 1.82) is 0 Å². The maximum atomic E-state index is 12.3. The number of rotatable bonds is 4. The zero-order valence-corrected chi connectivity index (χ0v) is 18.5. The van der Waals surface area contributed by atoms with E-state index in [1.165, 1.54) is 0 Å². The first-order valence-corrected chi connectivity index (χ1v) is 11.4. The average molecular weight is 447 g/mol. The number of carbonyl (C=O) groups is 1. The third kappa shape index (κ3) is 3.12. The second-order valence-corrected chi connectivity index (χ2v) is 9.54. The Bertz CT molecular complexity index is 1230. The third-order valence-corrected chi connectivity index (χ3v) is 7.83. The molecule has 0 spiro atoms. The van der Waals surface area contributed by atoms with Crippen LogP contribution in [0.25, 0.3) is 22.6 Å². The van der Waals surface area contributed by atoms with Gasteiger partial charge < -0.3 is 14.5 Å². The van der Waals surface area contributed by atoms with Crippen LogP contribution in [-0.4, -0.2) is 32.9 Å². The Balaban J connectivity index is 1.43. The maximum absolute atomic E-state index is 12.3. The standard InChI is InChI=1S/C25H26N4O4/c1-15-3-2-4-17(26-15)21-20(16-5-6-18-19(13-16)33-14-32-18)27-22(28-21)24-7-10-25(11-8-24,12-9-24)23(30)29-31/h2-6,13,31H,7-12,14H2,1H3,(H,27,28)(H,29,30). The number of pyridine rings is 1. The fourth-order valence-electron chi connectivity index (χ4n) is 5.75. The Morgan fingerprint density at radius 1 is 1.03 bits per heavy atom. The summed E-state index contributed by atoms with van der Waals surface area (Å²) >= 11 is 0. The molecule has 0 radical (unpaired) electrons. The van der Waals surface area contributed by atoms with Crippen LogP contribution in [0.15, 0.2) is 36.4 Å². The summed E-state index contributed by atoms with van der Waals surface area (Å²) in [6.45, 7) is 2.20. The summed E-state index contributed by atoms with van der Waals surface area (Å²) in [6, 6.07) is 11.9. The van der Waals surface area contributed by atoms with Gasteiger partial charge in [0.2, 0.25) is 12.7 Å². The van der Waals surface area contributed by atoms with Crippen molar-refractivity contribution in [3.8, 4) is 34.1 Å². The molecule has 3 N–H and O–H groups in total. The molecule has 8 nitrogen and oxygen atoms in total. The molecule has 8 heteroatoms. The van der Waals surface area contributed by atoms with E-state index in [0.29, 0.717) is 0 Å². The summed E-state index contributed by atoms with van der Waals surface area (Å²) in [6.07, 6.45) is 4.81. The van der Waals surface area contributed by atoms with Gasteiger partial charge in [-0.1, -0.05) is 6.07 Å². The third-order valence-electron chi connectivity index (χ3n) is 7.83. The number of aromatic nitrogens is 3. The number of hydrogen-bond acceptors (Lipinski definition) is 6. The van der Waals surface area contributed by atoms with Crippen molar-refractivity contribution in [1.82, 2.24) is 20.4 Å². The Morgan fingerprint density at radius 3 is 2.52 bits per heavy atom. The van der Waals surface area contributed by atoms with E-state index < -0.39 is 5.41 Å². The van der Waals surface area contributed by atoms with Crippen LogP contribution in [0.3, 0.4) is 0 Å². The van der Waals surface area contributed by atoms with Gasteiger partial charge in [0.1, 0.15) is 11.5 Å². The largest absolute Gasteiger partial charge is 0.454 e. The zero-order valence-electron chi connectivity index (χ0n) is 18.5. The molecule has 170 valence electrons. The Hall–Kier alpha value is -3.39. The monoisotopic (exact) mass is 446 g/mol. The van der Waals surface area contributed by atoms with Crippen molar-refractivity contribution < 1.29 is 19.5 Å². The predicted octanol–water partition coefficient (Wildman–Crippen LogP) is 4.27. The number of amides is 1. The average Bonchev–Trinajstić information content (AvgIpc) is 3.52. The van der Waals surface area contributed by atoms with Gasteiger partial charge in [0.25, 0.3) is 0 Å². The lowest BCUT2D eigenvalue weighted by Gasteiger charge is -2.51. The minimum Gasteiger partial charge on any atom is -0.454 e.